The van der Waals surface area contributed by atoms with Gasteiger partial charge >= 0.3 is 0 Å². The van der Waals surface area contributed by atoms with Gasteiger partial charge in [-0.3, -0.25) is 4.79 Å². The fraction of sp³-hybridized carbons (Fsp3) is 0.133. The summed E-state index contributed by atoms with van der Waals surface area (Å²) in [6.07, 6.45) is -1.50. The maximum Gasteiger partial charge on any atom is 0.195 e. The number of benzene rings is 2. The minimum atomic E-state index is -1.49. The molecule has 0 aliphatic heterocycles. The average Bonchev–Trinajstić information content (AvgIpc) is 2.41. The molecule has 0 heterocycles. The highest BCUT2D eigenvalue weighted by Crippen LogP contribution is 2.22. The predicted molar refractivity (Wildman–Crippen MR) is 80.4 cm³/mol. The predicted octanol–water partition coefficient (Wildman–Crippen LogP) is 2.12. The quantitative estimate of drug-likeness (QED) is 0.454. The zero-order chi connectivity index (χ0) is 14.7. The molecule has 0 aromatic heterocycles. The number of anilines is 1. The number of halogens is 1. The standard InChI is InChI=1S/C15H14BrNO3/c16-11-6-4-9(5-7-11)15(20)12-3-1-2-10(14(12)17)8-13(18)19/h1-7,13,18-19H,8,17H2. The minimum Gasteiger partial charge on any atom is -0.398 e. The van der Waals surface area contributed by atoms with Gasteiger partial charge < -0.3 is 15.9 Å². The van der Waals surface area contributed by atoms with E-state index in [0.29, 0.717) is 16.7 Å². The van der Waals surface area contributed by atoms with Crippen LogP contribution in [0.4, 0.5) is 5.69 Å². The van der Waals surface area contributed by atoms with Crippen molar-refractivity contribution in [3.8, 4) is 0 Å². The minimum absolute atomic E-state index is 0.00666. The Balaban J connectivity index is 2.37. The third kappa shape index (κ3) is 3.25. The number of aliphatic hydroxyl groups excluding tert-OH is 1. The van der Waals surface area contributed by atoms with Crippen LogP contribution in [0.15, 0.2) is 46.9 Å². The molecule has 0 aliphatic carbocycles. The van der Waals surface area contributed by atoms with Gasteiger partial charge in [-0.25, -0.2) is 0 Å². The normalized spacial score (nSPS) is 10.8. The molecule has 0 bridgehead atoms. The molecule has 104 valence electrons. The van der Waals surface area contributed by atoms with Crippen LogP contribution in [0.25, 0.3) is 0 Å². The lowest BCUT2D eigenvalue weighted by molar-refractivity contribution is -0.0380. The number of rotatable bonds is 4. The monoisotopic (exact) mass is 335 g/mol. The van der Waals surface area contributed by atoms with E-state index in [0.717, 1.165) is 4.47 Å². The van der Waals surface area contributed by atoms with Crippen molar-refractivity contribution in [2.45, 2.75) is 12.7 Å². The Hall–Kier alpha value is -1.69. The number of hydrogen-bond donors (Lipinski definition) is 3. The van der Waals surface area contributed by atoms with Gasteiger partial charge in [0.25, 0.3) is 0 Å². The lowest BCUT2D eigenvalue weighted by Crippen LogP contribution is -2.13. The summed E-state index contributed by atoms with van der Waals surface area (Å²) in [7, 11) is 0. The van der Waals surface area contributed by atoms with Crippen LogP contribution in [0.2, 0.25) is 0 Å². The van der Waals surface area contributed by atoms with Crippen LogP contribution >= 0.6 is 15.9 Å². The third-order valence-corrected chi connectivity index (χ3v) is 3.48. The van der Waals surface area contributed by atoms with Crippen molar-refractivity contribution in [3.63, 3.8) is 0 Å². The highest BCUT2D eigenvalue weighted by Gasteiger charge is 2.15. The maximum absolute atomic E-state index is 12.4. The number of carbonyl (C=O) groups is 1. The van der Waals surface area contributed by atoms with Gasteiger partial charge in [-0.05, 0) is 35.9 Å². The number of para-hydroxylation sites is 1. The molecule has 2 rings (SSSR count). The lowest BCUT2D eigenvalue weighted by atomic mass is 9.98. The van der Waals surface area contributed by atoms with Crippen molar-refractivity contribution in [1.29, 1.82) is 0 Å². The summed E-state index contributed by atoms with van der Waals surface area (Å²) in [5.41, 5.74) is 7.67. The van der Waals surface area contributed by atoms with Crippen molar-refractivity contribution in [2.75, 3.05) is 5.73 Å². The highest BCUT2D eigenvalue weighted by atomic mass is 79.9. The van der Waals surface area contributed by atoms with Crippen LogP contribution in [0.3, 0.4) is 0 Å². The second kappa shape index (κ2) is 6.17. The van der Waals surface area contributed by atoms with Gasteiger partial charge in [-0.2, -0.15) is 0 Å². The first-order valence-electron chi connectivity index (χ1n) is 6.03. The fourth-order valence-electron chi connectivity index (χ4n) is 1.94. The third-order valence-electron chi connectivity index (χ3n) is 2.95. The lowest BCUT2D eigenvalue weighted by Gasteiger charge is -2.11. The van der Waals surface area contributed by atoms with Crippen LogP contribution in [0.5, 0.6) is 0 Å². The largest absolute Gasteiger partial charge is 0.398 e. The summed E-state index contributed by atoms with van der Waals surface area (Å²) in [5.74, 6) is -0.190. The number of ketones is 1. The van der Waals surface area contributed by atoms with E-state index in [9.17, 15) is 4.79 Å². The van der Waals surface area contributed by atoms with E-state index in [4.69, 9.17) is 15.9 Å². The topological polar surface area (TPSA) is 83.6 Å². The molecule has 0 saturated heterocycles. The molecule has 0 saturated carbocycles. The fourth-order valence-corrected chi connectivity index (χ4v) is 2.21. The van der Waals surface area contributed by atoms with Crippen LogP contribution in [0, 0.1) is 0 Å². The summed E-state index contributed by atoms with van der Waals surface area (Å²) in [6, 6.07) is 12.0. The summed E-state index contributed by atoms with van der Waals surface area (Å²) in [5, 5.41) is 18.0. The Kier molecular flexibility index (Phi) is 4.54. The molecule has 4 nitrogen and oxygen atoms in total. The van der Waals surface area contributed by atoms with Gasteiger partial charge in [0.05, 0.1) is 0 Å². The molecule has 20 heavy (non-hydrogen) atoms. The molecule has 2 aromatic rings. The van der Waals surface area contributed by atoms with Gasteiger partial charge in [0.2, 0.25) is 0 Å². The molecular formula is C15H14BrNO3. The number of carbonyl (C=O) groups excluding carboxylic acids is 1. The first-order chi connectivity index (χ1) is 9.49. The Labute approximate surface area is 125 Å². The van der Waals surface area contributed by atoms with E-state index in [1.165, 1.54) is 0 Å². The molecule has 4 N–H and O–H groups in total. The molecule has 2 aromatic carbocycles. The van der Waals surface area contributed by atoms with Crippen molar-refractivity contribution in [2.24, 2.45) is 0 Å². The van der Waals surface area contributed by atoms with Gasteiger partial charge in [0.15, 0.2) is 12.1 Å². The second-order valence-electron chi connectivity index (χ2n) is 4.40. The molecule has 0 fully saturated rings. The SMILES string of the molecule is Nc1c(CC(O)O)cccc1C(=O)c1ccc(Br)cc1. The zero-order valence-electron chi connectivity index (χ0n) is 10.6. The van der Waals surface area contributed by atoms with Crippen molar-refractivity contribution >= 4 is 27.4 Å². The summed E-state index contributed by atoms with van der Waals surface area (Å²) in [6.45, 7) is 0. The Bertz CT molecular complexity index is 624. The van der Waals surface area contributed by atoms with Gasteiger partial charge in [0, 0.05) is 27.7 Å². The first kappa shape index (κ1) is 14.7. The smallest absolute Gasteiger partial charge is 0.195 e. The molecule has 0 aliphatic rings. The van der Waals surface area contributed by atoms with Gasteiger partial charge in [-0.1, -0.05) is 28.1 Å². The molecule has 5 heteroatoms. The average molecular weight is 336 g/mol. The Morgan fingerprint density at radius 1 is 1.15 bits per heavy atom. The van der Waals surface area contributed by atoms with E-state index in [1.54, 1.807) is 42.5 Å². The van der Waals surface area contributed by atoms with Crippen LogP contribution < -0.4 is 5.73 Å². The van der Waals surface area contributed by atoms with E-state index < -0.39 is 6.29 Å². The summed E-state index contributed by atoms with van der Waals surface area (Å²) < 4.78 is 0.888. The van der Waals surface area contributed by atoms with E-state index in [-0.39, 0.29) is 17.9 Å². The summed E-state index contributed by atoms with van der Waals surface area (Å²) in [4.78, 5) is 12.4. The van der Waals surface area contributed by atoms with E-state index in [2.05, 4.69) is 15.9 Å². The summed E-state index contributed by atoms with van der Waals surface area (Å²) >= 11 is 3.31. The number of hydrogen-bond acceptors (Lipinski definition) is 4. The van der Waals surface area contributed by atoms with Gasteiger partial charge in [0.1, 0.15) is 0 Å². The molecule has 0 atom stereocenters. The number of nitrogens with two attached hydrogens (primary N) is 1. The molecule has 0 radical (unpaired) electrons. The second-order valence-corrected chi connectivity index (χ2v) is 5.31. The Morgan fingerprint density at radius 2 is 1.80 bits per heavy atom. The maximum atomic E-state index is 12.4. The molecule has 0 amide bonds. The first-order valence-corrected chi connectivity index (χ1v) is 6.82. The number of nitrogen functional groups attached to an aromatic ring is 1. The highest BCUT2D eigenvalue weighted by molar-refractivity contribution is 9.10. The van der Waals surface area contributed by atoms with Crippen molar-refractivity contribution in [3.05, 3.63) is 63.6 Å². The molecular weight excluding hydrogens is 322 g/mol. The Morgan fingerprint density at radius 3 is 2.40 bits per heavy atom. The molecule has 0 unspecified atom stereocenters. The van der Waals surface area contributed by atoms with Crippen molar-refractivity contribution < 1.29 is 15.0 Å². The zero-order valence-corrected chi connectivity index (χ0v) is 12.2. The molecule has 0 spiro atoms. The van der Waals surface area contributed by atoms with Crippen molar-refractivity contribution in [1.82, 2.24) is 0 Å². The van der Waals surface area contributed by atoms with Gasteiger partial charge in [-0.15, -0.1) is 0 Å². The van der Waals surface area contributed by atoms with E-state index >= 15 is 0 Å². The van der Waals surface area contributed by atoms with Crippen LogP contribution in [0.1, 0.15) is 21.5 Å². The van der Waals surface area contributed by atoms with Crippen LogP contribution in [-0.2, 0) is 6.42 Å². The van der Waals surface area contributed by atoms with Crippen LogP contribution in [-0.4, -0.2) is 22.3 Å². The van der Waals surface area contributed by atoms with E-state index in [1.807, 2.05) is 0 Å². The number of aliphatic hydroxyl groups is 2.